The molecule has 0 spiro atoms. The second-order valence-corrected chi connectivity index (χ2v) is 9.07. The van der Waals surface area contributed by atoms with Crippen LogP contribution >= 0.6 is 0 Å². The van der Waals surface area contributed by atoms with Crippen molar-refractivity contribution in [2.24, 2.45) is 22.8 Å². The number of carbonyl (C=O) groups excluding carboxylic acids is 2. The largest absolute Gasteiger partial charge is 0.457 e. The predicted molar refractivity (Wildman–Crippen MR) is 136 cm³/mol. The number of hydrogen-bond acceptors (Lipinski definition) is 7. The number of halogens is 3. The molecule has 4 N–H and O–H groups in total. The van der Waals surface area contributed by atoms with Crippen LogP contribution < -0.4 is 21.1 Å². The van der Waals surface area contributed by atoms with Gasteiger partial charge in [-0.15, -0.1) is 0 Å². The smallest absolute Gasteiger partial charge is 0.416 e. The minimum absolute atomic E-state index is 0.108. The van der Waals surface area contributed by atoms with Crippen molar-refractivity contribution in [1.29, 1.82) is 0 Å². The van der Waals surface area contributed by atoms with Crippen LogP contribution in [0.3, 0.4) is 0 Å². The molecule has 2 aliphatic heterocycles. The van der Waals surface area contributed by atoms with E-state index in [1.807, 2.05) is 0 Å². The molecule has 0 aliphatic carbocycles. The normalized spacial score (nSPS) is 19.3. The Balaban J connectivity index is 1.52. The fourth-order valence-corrected chi connectivity index (χ4v) is 4.43. The van der Waals surface area contributed by atoms with E-state index in [4.69, 9.17) is 10.5 Å². The van der Waals surface area contributed by atoms with E-state index >= 15 is 0 Å². The molecule has 3 heterocycles. The second kappa shape index (κ2) is 10.3. The minimum Gasteiger partial charge on any atom is -0.457 e. The molecule has 0 radical (unpaired) electrons. The predicted octanol–water partition coefficient (Wildman–Crippen LogP) is 2.78. The second-order valence-electron chi connectivity index (χ2n) is 9.07. The van der Waals surface area contributed by atoms with Crippen molar-refractivity contribution in [2.75, 3.05) is 6.54 Å². The van der Waals surface area contributed by atoms with Gasteiger partial charge in [0, 0.05) is 37.3 Å². The number of nitrogens with one attached hydrogen (secondary N) is 2. The van der Waals surface area contributed by atoms with Gasteiger partial charge in [-0.1, -0.05) is 0 Å². The highest BCUT2D eigenvalue weighted by atomic mass is 19.4. The van der Waals surface area contributed by atoms with E-state index in [1.165, 1.54) is 12.1 Å². The number of carbonyl (C=O) groups is 2. The fourth-order valence-electron chi connectivity index (χ4n) is 4.43. The lowest BCUT2D eigenvalue weighted by molar-refractivity contribution is -0.137. The number of rotatable bonds is 7. The molecule has 1 saturated heterocycles. The molecule has 0 saturated carbocycles. The Morgan fingerprint density at radius 1 is 1.13 bits per heavy atom. The summed E-state index contributed by atoms with van der Waals surface area (Å²) in [4.78, 5) is 33.3. The first kappa shape index (κ1) is 26.1. The van der Waals surface area contributed by atoms with Crippen LogP contribution in [0.5, 0.6) is 11.5 Å². The monoisotopic (exact) mass is 539 g/mol. The number of amidine groups is 1. The van der Waals surface area contributed by atoms with Crippen LogP contribution in [0.2, 0.25) is 0 Å². The Labute approximate surface area is 220 Å². The lowest BCUT2D eigenvalue weighted by Crippen LogP contribution is -2.45. The lowest BCUT2D eigenvalue weighted by atomic mass is 10.0. The minimum atomic E-state index is -4.45. The van der Waals surface area contributed by atoms with Crippen molar-refractivity contribution >= 4 is 23.4 Å². The number of nitrogens with two attached hydrogens (primary N) is 1. The number of hydrogen-bond donors (Lipinski definition) is 3. The summed E-state index contributed by atoms with van der Waals surface area (Å²) in [7, 11) is 1.74. The third-order valence-corrected chi connectivity index (χ3v) is 6.38. The molecular weight excluding hydrogens is 515 g/mol. The molecule has 13 heteroatoms. The van der Waals surface area contributed by atoms with Crippen LogP contribution in [0.4, 0.5) is 13.2 Å². The van der Waals surface area contributed by atoms with Crippen molar-refractivity contribution in [1.82, 2.24) is 20.4 Å². The van der Waals surface area contributed by atoms with Crippen LogP contribution in [0, 0.1) is 0 Å². The average Bonchev–Trinajstić information content (AvgIpc) is 3.51. The molecule has 202 valence electrons. The van der Waals surface area contributed by atoms with E-state index in [9.17, 15) is 22.8 Å². The van der Waals surface area contributed by atoms with E-state index in [0.29, 0.717) is 35.5 Å². The Kier molecular flexibility index (Phi) is 6.91. The summed E-state index contributed by atoms with van der Waals surface area (Å²) in [5.74, 6) is -0.0507. The van der Waals surface area contributed by atoms with Gasteiger partial charge in [-0.2, -0.15) is 18.3 Å². The maximum atomic E-state index is 12.9. The number of amides is 2. The topological polar surface area (TPSA) is 136 Å². The van der Waals surface area contributed by atoms with Crippen LogP contribution in [0.25, 0.3) is 11.3 Å². The van der Waals surface area contributed by atoms with Gasteiger partial charge in [0.2, 0.25) is 5.91 Å². The van der Waals surface area contributed by atoms with E-state index < -0.39 is 29.9 Å². The first-order valence-electron chi connectivity index (χ1n) is 12.1. The SMILES string of the molecule is Cn1nccc1-c1cc(Oc2ccc(C(F)(F)F)cc2)ccc1C1=NC(N[C@H]2CCNC2=O)CC(C(N)=O)=N1. The highest BCUT2D eigenvalue weighted by molar-refractivity contribution is 6.41. The summed E-state index contributed by atoms with van der Waals surface area (Å²) in [6.07, 6.45) is -2.76. The number of aliphatic imine (C=N–C) groups is 2. The van der Waals surface area contributed by atoms with Crippen molar-refractivity contribution in [2.45, 2.75) is 31.2 Å². The fraction of sp³-hybridized carbons (Fsp3) is 0.269. The number of aromatic nitrogens is 2. The zero-order valence-electron chi connectivity index (χ0n) is 20.7. The van der Waals surface area contributed by atoms with Crippen LogP contribution in [0.1, 0.15) is 24.0 Å². The third-order valence-electron chi connectivity index (χ3n) is 6.38. The van der Waals surface area contributed by atoms with Gasteiger partial charge in [0.05, 0.1) is 17.3 Å². The lowest BCUT2D eigenvalue weighted by Gasteiger charge is -2.23. The molecule has 1 aromatic heterocycles. The Morgan fingerprint density at radius 2 is 1.87 bits per heavy atom. The van der Waals surface area contributed by atoms with E-state index in [-0.39, 0.29) is 29.6 Å². The summed E-state index contributed by atoms with van der Waals surface area (Å²) in [5.41, 5.74) is 6.72. The number of benzene rings is 2. The van der Waals surface area contributed by atoms with Gasteiger partial charge >= 0.3 is 6.18 Å². The van der Waals surface area contributed by atoms with Crippen molar-refractivity contribution < 1.29 is 27.5 Å². The first-order valence-corrected chi connectivity index (χ1v) is 12.1. The van der Waals surface area contributed by atoms with Gasteiger partial charge in [0.1, 0.15) is 23.4 Å². The molecule has 2 atom stereocenters. The maximum absolute atomic E-state index is 12.9. The molecule has 1 fully saturated rings. The number of ether oxygens (including phenoxy) is 1. The zero-order chi connectivity index (χ0) is 27.7. The molecule has 10 nitrogen and oxygen atoms in total. The summed E-state index contributed by atoms with van der Waals surface area (Å²) in [6, 6.07) is 10.7. The van der Waals surface area contributed by atoms with E-state index in [1.54, 1.807) is 42.2 Å². The molecule has 0 bridgehead atoms. The highest BCUT2D eigenvalue weighted by Crippen LogP contribution is 2.34. The number of primary amides is 1. The quantitative estimate of drug-likeness (QED) is 0.424. The van der Waals surface area contributed by atoms with Gasteiger partial charge in [-0.3, -0.25) is 19.6 Å². The van der Waals surface area contributed by atoms with Crippen molar-refractivity contribution in [3.8, 4) is 22.8 Å². The molecule has 2 amide bonds. The van der Waals surface area contributed by atoms with Gasteiger partial charge < -0.3 is 15.8 Å². The van der Waals surface area contributed by atoms with Crippen LogP contribution in [0.15, 0.2) is 64.7 Å². The molecule has 5 rings (SSSR count). The highest BCUT2D eigenvalue weighted by Gasteiger charge is 2.31. The molecule has 1 unspecified atom stereocenters. The summed E-state index contributed by atoms with van der Waals surface area (Å²) >= 11 is 0. The number of nitrogens with zero attached hydrogens (tertiary/aromatic N) is 4. The van der Waals surface area contributed by atoms with E-state index in [2.05, 4.69) is 25.7 Å². The van der Waals surface area contributed by atoms with Crippen molar-refractivity contribution in [3.05, 3.63) is 65.9 Å². The van der Waals surface area contributed by atoms with Gasteiger partial charge in [-0.05, 0) is 55.0 Å². The van der Waals surface area contributed by atoms with Crippen molar-refractivity contribution in [3.63, 3.8) is 0 Å². The third kappa shape index (κ3) is 5.67. The van der Waals surface area contributed by atoms with Crippen LogP contribution in [-0.2, 0) is 22.8 Å². The Hall–Kier alpha value is -4.52. The Bertz CT molecular complexity index is 1480. The maximum Gasteiger partial charge on any atom is 0.416 e. The first-order chi connectivity index (χ1) is 18.6. The summed E-state index contributed by atoms with van der Waals surface area (Å²) < 4.78 is 46.3. The number of aryl methyl sites for hydroxylation is 1. The summed E-state index contributed by atoms with van der Waals surface area (Å²) in [6.45, 7) is 0.543. The summed E-state index contributed by atoms with van der Waals surface area (Å²) in [5, 5.41) is 10.1. The van der Waals surface area contributed by atoms with Gasteiger partial charge in [0.15, 0.2) is 5.84 Å². The molecule has 2 aliphatic rings. The molecular formula is C26H24F3N7O3. The average molecular weight is 540 g/mol. The molecule has 39 heavy (non-hydrogen) atoms. The zero-order valence-corrected chi connectivity index (χ0v) is 20.7. The Morgan fingerprint density at radius 3 is 2.49 bits per heavy atom. The standard InChI is InChI=1S/C26H24F3N7O3/c1-36-21(9-11-32-36)18-12-16(39-15-4-2-14(3-5-15)26(27,28)29)6-7-17(18)24-34-20(23(30)37)13-22(35-24)33-19-8-10-31-25(19)38/h2-7,9,11-12,19,22,33H,8,10,13H2,1H3,(H2,30,37)(H,31,38)/t19-,22?/m0/s1. The molecule has 2 aromatic carbocycles. The van der Waals surface area contributed by atoms with Gasteiger partial charge in [0.25, 0.3) is 5.91 Å². The number of alkyl halides is 3. The van der Waals surface area contributed by atoms with Crippen LogP contribution in [-0.4, -0.2) is 51.9 Å². The molecule has 3 aromatic rings. The van der Waals surface area contributed by atoms with Gasteiger partial charge in [-0.25, -0.2) is 9.98 Å². The van der Waals surface area contributed by atoms with E-state index in [0.717, 1.165) is 12.1 Å².